The Morgan fingerprint density at radius 3 is 0.983 bits per heavy atom. The molecule has 9 heteroatoms. The fourth-order valence-corrected chi connectivity index (χ4v) is 17.0. The highest BCUT2D eigenvalue weighted by Gasteiger charge is 2.34. The molecule has 20 aromatic rings. The molecule has 2 aliphatic heterocycles. The first kappa shape index (κ1) is 70.9. The van der Waals surface area contributed by atoms with Crippen LogP contribution in [0.5, 0.6) is 0 Å². The van der Waals surface area contributed by atoms with Gasteiger partial charge in [-0.1, -0.05) is 368 Å². The van der Waals surface area contributed by atoms with Crippen LogP contribution in [0.1, 0.15) is 0 Å². The van der Waals surface area contributed by atoms with Crippen LogP contribution >= 0.6 is 15.9 Å². The Labute approximate surface area is 688 Å². The van der Waals surface area contributed by atoms with Crippen molar-refractivity contribution in [3.63, 3.8) is 0 Å². The average molecular weight is 1560 g/mol. The normalized spacial score (nSPS) is 11.5. The zero-order valence-electron chi connectivity index (χ0n) is 63.6. The number of para-hydroxylation sites is 8. The van der Waals surface area contributed by atoms with Gasteiger partial charge in [0.05, 0.1) is 56.6 Å². The molecular weight excluding hydrogens is 1490 g/mol. The molecule has 0 atom stereocenters. The number of aromatic nitrogens is 6. The quantitative estimate of drug-likeness (QED) is 0.139. The van der Waals surface area contributed by atoms with Crippen molar-refractivity contribution in [2.75, 3.05) is 10.2 Å². The monoisotopic (exact) mass is 1560 g/mol. The summed E-state index contributed by atoms with van der Waals surface area (Å²) in [5.74, 6) is 1.40. The van der Waals surface area contributed by atoms with Gasteiger partial charge in [0.1, 0.15) is 0 Å². The molecule has 0 saturated carbocycles. The van der Waals surface area contributed by atoms with Crippen molar-refractivity contribution in [2.45, 2.75) is 0 Å². The number of hydrogen-bond donors (Lipinski definition) is 1. The smallest absolute Gasteiger partial charge is 0.160 e. The predicted molar refractivity (Wildman–Crippen MR) is 489 cm³/mol. The second-order valence-corrected chi connectivity index (χ2v) is 29.9. The second kappa shape index (κ2) is 31.4. The standard InChI is InChI=1S/C54H36N4.C32H22N2.C22H15BrN2/c1-5-19-37(20-6-1)43-31-18-32-46-51-44-29-13-15-33-49(44)57(50-34-16-14-30-45(50)53(51)58(52(43)46)41-26-11-4-12-27-41)42-28-17-25-40(35-42)54-55-47(38-21-7-2-8-22-38)36-48(56-54)39-23-9-3-10-24-39;1-3-12-22(13-4-1)24-18-11-19-27-30-25-16-7-9-20-28(25)33-29-21-10-8-17-26(29)32(30)34(31(24)27)23-14-5-2-6-15-23;23-19-13-7-12-18(14-19)22-24-20(16-8-3-1-4-9-16)15-21(25-22)17-10-5-2-6-11-17/h1-36H;1-21,33H;1-15H. The molecule has 22 rings (SSSR count). The van der Waals surface area contributed by atoms with Crippen molar-refractivity contribution in [1.29, 1.82) is 0 Å². The molecule has 0 amide bonds. The first-order valence-electron chi connectivity index (χ1n) is 39.4. The van der Waals surface area contributed by atoms with Crippen molar-refractivity contribution < 1.29 is 0 Å². The number of nitrogens with zero attached hydrogens (tertiary/aromatic N) is 7. The van der Waals surface area contributed by atoms with Crippen LogP contribution in [-0.2, 0) is 0 Å². The van der Waals surface area contributed by atoms with Crippen molar-refractivity contribution >= 4 is 66.2 Å². The third kappa shape index (κ3) is 13.6. The van der Waals surface area contributed by atoms with E-state index in [0.717, 1.165) is 123 Å². The average Bonchev–Trinajstić information content (AvgIpc) is 1.55. The molecule has 0 bridgehead atoms. The Morgan fingerprint density at radius 1 is 0.222 bits per heavy atom. The van der Waals surface area contributed by atoms with Gasteiger partial charge in [-0.2, -0.15) is 0 Å². The minimum atomic E-state index is 0.677. The summed E-state index contributed by atoms with van der Waals surface area (Å²) in [6, 6.07) is 153. The molecule has 0 unspecified atom stereocenters. The van der Waals surface area contributed by atoms with Crippen LogP contribution in [0, 0.1) is 0 Å². The molecule has 8 nitrogen and oxygen atoms in total. The summed E-state index contributed by atoms with van der Waals surface area (Å²) in [5, 5.41) is 6.17. The first-order valence-corrected chi connectivity index (χ1v) is 40.2. The van der Waals surface area contributed by atoms with Gasteiger partial charge in [0.2, 0.25) is 0 Å². The molecule has 0 saturated heterocycles. The van der Waals surface area contributed by atoms with E-state index in [0.29, 0.717) is 5.82 Å². The maximum Gasteiger partial charge on any atom is 0.160 e. The van der Waals surface area contributed by atoms with Gasteiger partial charge in [-0.15, -0.1) is 0 Å². The molecule has 117 heavy (non-hydrogen) atoms. The van der Waals surface area contributed by atoms with E-state index in [4.69, 9.17) is 19.9 Å². The van der Waals surface area contributed by atoms with Crippen LogP contribution in [-0.4, -0.2) is 29.1 Å². The third-order valence-corrected chi connectivity index (χ3v) is 22.3. The van der Waals surface area contributed by atoms with Gasteiger partial charge in [-0.3, -0.25) is 0 Å². The molecule has 552 valence electrons. The van der Waals surface area contributed by atoms with E-state index in [-0.39, 0.29) is 0 Å². The summed E-state index contributed by atoms with van der Waals surface area (Å²) in [7, 11) is 0. The number of rotatable bonds is 11. The van der Waals surface area contributed by atoms with Crippen LogP contribution < -0.4 is 10.2 Å². The first-order chi connectivity index (χ1) is 58.0. The summed E-state index contributed by atoms with van der Waals surface area (Å²) in [6.45, 7) is 0. The zero-order valence-corrected chi connectivity index (χ0v) is 65.2. The number of nitrogens with one attached hydrogen (secondary N) is 1. The highest BCUT2D eigenvalue weighted by molar-refractivity contribution is 9.10. The van der Waals surface area contributed by atoms with Crippen molar-refractivity contribution in [3.8, 4) is 146 Å². The largest absolute Gasteiger partial charge is 0.354 e. The lowest BCUT2D eigenvalue weighted by Crippen LogP contribution is -2.11. The lowest BCUT2D eigenvalue weighted by molar-refractivity contribution is 1.13. The topological polar surface area (TPSA) is 76.7 Å². The lowest BCUT2D eigenvalue weighted by atomic mass is 9.96. The number of halogens is 1. The van der Waals surface area contributed by atoms with E-state index >= 15 is 0 Å². The maximum atomic E-state index is 5.20. The fourth-order valence-electron chi connectivity index (χ4n) is 16.6. The van der Waals surface area contributed by atoms with Gasteiger partial charge in [-0.25, -0.2) is 19.9 Å². The van der Waals surface area contributed by atoms with E-state index in [2.05, 4.69) is 393 Å². The number of benzene rings is 16. The summed E-state index contributed by atoms with van der Waals surface area (Å²) < 4.78 is 5.95. The molecule has 6 heterocycles. The molecule has 0 aliphatic carbocycles. The van der Waals surface area contributed by atoms with E-state index in [1.807, 2.05) is 78.9 Å². The third-order valence-electron chi connectivity index (χ3n) is 21.8. The fraction of sp³-hybridized carbons (Fsp3) is 0. The summed E-state index contributed by atoms with van der Waals surface area (Å²) >= 11 is 3.53. The Morgan fingerprint density at radius 2 is 0.530 bits per heavy atom. The SMILES string of the molecule is Brc1cccc(-c2nc(-c3ccccc3)cc(-c3ccccc3)n2)c1.c1ccc(-c2cc(-c3ccccc3)nc(-c3cccc(N4c5ccccc5-c5c(n(-c6ccccc6)c6c(-c7ccccc7)cccc56)-c5ccccc54)c3)n2)cc1.c1ccc(-c2cccc3c4c(n(-c5ccccc5)c23)-c2ccccc2Nc2ccccc2-4)cc1. The molecule has 2 aliphatic rings. The van der Waals surface area contributed by atoms with Crippen LogP contribution in [0.2, 0.25) is 0 Å². The van der Waals surface area contributed by atoms with Crippen LogP contribution in [0.3, 0.4) is 0 Å². The Kier molecular flexibility index (Phi) is 19.0. The highest BCUT2D eigenvalue weighted by atomic mass is 79.9. The summed E-state index contributed by atoms with van der Waals surface area (Å²) in [5.41, 5.74) is 34.4. The minimum absolute atomic E-state index is 0.677. The number of fused-ring (bicyclic) bond motifs is 14. The summed E-state index contributed by atoms with van der Waals surface area (Å²) in [6.07, 6.45) is 0. The molecule has 0 radical (unpaired) electrons. The lowest BCUT2D eigenvalue weighted by Gasteiger charge is -2.28. The van der Waals surface area contributed by atoms with Crippen molar-refractivity contribution in [3.05, 3.63) is 441 Å². The van der Waals surface area contributed by atoms with Gasteiger partial charge in [0.15, 0.2) is 11.6 Å². The van der Waals surface area contributed by atoms with Gasteiger partial charge in [-0.05, 0) is 96.1 Å². The van der Waals surface area contributed by atoms with Crippen LogP contribution in [0.25, 0.3) is 168 Å². The Bertz CT molecular complexity index is 6900. The molecule has 0 spiro atoms. The van der Waals surface area contributed by atoms with Gasteiger partial charge in [0, 0.05) is 122 Å². The van der Waals surface area contributed by atoms with E-state index < -0.39 is 0 Å². The predicted octanol–water partition coefficient (Wildman–Crippen LogP) is 29.1. The Hall–Kier alpha value is -15.2. The summed E-state index contributed by atoms with van der Waals surface area (Å²) in [4.78, 5) is 22.4. The number of hydrogen-bond acceptors (Lipinski definition) is 6. The van der Waals surface area contributed by atoms with Gasteiger partial charge >= 0.3 is 0 Å². The van der Waals surface area contributed by atoms with E-state index in [1.54, 1.807) is 0 Å². The van der Waals surface area contributed by atoms with Crippen LogP contribution in [0.4, 0.5) is 28.4 Å². The second-order valence-electron chi connectivity index (χ2n) is 29.0. The molecule has 0 fully saturated rings. The minimum Gasteiger partial charge on any atom is -0.354 e. The highest BCUT2D eigenvalue weighted by Crippen LogP contribution is 2.57. The van der Waals surface area contributed by atoms with Crippen LogP contribution in [0.15, 0.2) is 441 Å². The maximum absolute atomic E-state index is 5.20. The Balaban J connectivity index is 0.000000126. The van der Waals surface area contributed by atoms with Gasteiger partial charge in [0.25, 0.3) is 0 Å². The van der Waals surface area contributed by atoms with E-state index in [9.17, 15) is 0 Å². The van der Waals surface area contributed by atoms with Crippen molar-refractivity contribution in [1.82, 2.24) is 29.1 Å². The molecule has 1 N–H and O–H groups in total. The molecule has 4 aromatic heterocycles. The zero-order chi connectivity index (χ0) is 78.0. The van der Waals surface area contributed by atoms with E-state index in [1.165, 1.54) is 72.0 Å². The molecular formula is C108H73BrN8. The molecule has 16 aromatic carbocycles. The van der Waals surface area contributed by atoms with Gasteiger partial charge < -0.3 is 19.4 Å². The number of anilines is 5. The van der Waals surface area contributed by atoms with Crippen molar-refractivity contribution in [2.24, 2.45) is 0 Å².